The Kier molecular flexibility index (Phi) is 6.45. The quantitative estimate of drug-likeness (QED) is 0.783. The van der Waals surface area contributed by atoms with E-state index in [1.165, 1.54) is 7.11 Å². The van der Waals surface area contributed by atoms with Crippen LogP contribution in [0.3, 0.4) is 0 Å². The molecule has 7 nitrogen and oxygen atoms in total. The van der Waals surface area contributed by atoms with E-state index in [1.807, 2.05) is 25.7 Å². The maximum absolute atomic E-state index is 12.7. The van der Waals surface area contributed by atoms with Gasteiger partial charge in [-0.05, 0) is 31.7 Å². The molecule has 2 amide bonds. The minimum atomic E-state index is -0.435. The van der Waals surface area contributed by atoms with Crippen LogP contribution >= 0.6 is 0 Å². The Morgan fingerprint density at radius 1 is 1.27 bits per heavy atom. The number of ether oxygens (including phenoxy) is 1. The van der Waals surface area contributed by atoms with Gasteiger partial charge in [0.05, 0.1) is 12.7 Å². The molecule has 0 aliphatic carbocycles. The molecule has 0 atom stereocenters. The van der Waals surface area contributed by atoms with Crippen LogP contribution in [0.25, 0.3) is 0 Å². The van der Waals surface area contributed by atoms with E-state index in [2.05, 4.69) is 10.3 Å². The van der Waals surface area contributed by atoms with Gasteiger partial charge in [-0.2, -0.15) is 0 Å². The maximum atomic E-state index is 12.7. The minimum Gasteiger partial charge on any atom is -0.465 e. The fourth-order valence-corrected chi connectivity index (χ4v) is 3.40. The summed E-state index contributed by atoms with van der Waals surface area (Å²) in [4.78, 5) is 41.6. The van der Waals surface area contributed by atoms with E-state index in [0.717, 1.165) is 12.8 Å². The molecular weight excluding hydrogens is 334 g/mol. The summed E-state index contributed by atoms with van der Waals surface area (Å²) < 4.78 is 4.83. The molecule has 144 valence electrons. The molecule has 26 heavy (non-hydrogen) atoms. The molecule has 1 aromatic rings. The van der Waals surface area contributed by atoms with Crippen molar-refractivity contribution in [2.75, 3.05) is 20.2 Å². The van der Waals surface area contributed by atoms with Gasteiger partial charge in [-0.1, -0.05) is 20.8 Å². The highest BCUT2D eigenvalue weighted by atomic mass is 16.5. The highest BCUT2D eigenvalue weighted by Crippen LogP contribution is 2.21. The number of hydrogen-bond acceptors (Lipinski definition) is 4. The van der Waals surface area contributed by atoms with E-state index in [9.17, 15) is 14.4 Å². The molecule has 0 saturated carbocycles. The average molecular weight is 363 g/mol. The monoisotopic (exact) mass is 363 g/mol. The fraction of sp³-hybridized carbons (Fsp3) is 0.632. The van der Waals surface area contributed by atoms with E-state index in [-0.39, 0.29) is 23.8 Å². The van der Waals surface area contributed by atoms with Gasteiger partial charge in [0.2, 0.25) is 5.91 Å². The maximum Gasteiger partial charge on any atom is 0.339 e. The minimum absolute atomic E-state index is 0.00748. The molecule has 0 spiro atoms. The number of amides is 2. The number of carbonyl (C=O) groups is 3. The van der Waals surface area contributed by atoms with Crippen molar-refractivity contribution < 1.29 is 19.1 Å². The lowest BCUT2D eigenvalue weighted by molar-refractivity contribution is -0.135. The Labute approximate surface area is 154 Å². The molecule has 1 aromatic heterocycles. The smallest absolute Gasteiger partial charge is 0.339 e. The second-order valence-electron chi connectivity index (χ2n) is 7.05. The van der Waals surface area contributed by atoms with Crippen molar-refractivity contribution in [2.24, 2.45) is 5.92 Å². The van der Waals surface area contributed by atoms with Gasteiger partial charge in [0.15, 0.2) is 0 Å². The number of likely N-dealkylation sites (tertiary alicyclic amines) is 1. The third-order valence-electron chi connectivity index (χ3n) is 4.93. The molecule has 0 unspecified atom stereocenters. The highest BCUT2D eigenvalue weighted by Gasteiger charge is 2.28. The number of piperidine rings is 1. The van der Waals surface area contributed by atoms with Crippen LogP contribution in [0.1, 0.15) is 65.7 Å². The van der Waals surface area contributed by atoms with Crippen LogP contribution < -0.4 is 5.32 Å². The predicted octanol–water partition coefficient (Wildman–Crippen LogP) is 2.05. The Bertz CT molecular complexity index is 685. The number of nitrogens with zero attached hydrogens (tertiary/aromatic N) is 1. The van der Waals surface area contributed by atoms with Crippen molar-refractivity contribution in [1.82, 2.24) is 15.2 Å². The number of aryl methyl sites for hydroxylation is 1. The van der Waals surface area contributed by atoms with Crippen LogP contribution in [-0.2, 0) is 16.0 Å². The predicted molar refractivity (Wildman–Crippen MR) is 98.2 cm³/mol. The van der Waals surface area contributed by atoms with Crippen molar-refractivity contribution in [3.8, 4) is 0 Å². The summed E-state index contributed by atoms with van der Waals surface area (Å²) in [5.41, 5.74) is 2.16. The summed E-state index contributed by atoms with van der Waals surface area (Å²) in [6, 6.07) is 0.0214. The highest BCUT2D eigenvalue weighted by molar-refractivity contribution is 6.00. The Morgan fingerprint density at radius 2 is 1.88 bits per heavy atom. The molecule has 0 radical (unpaired) electrons. The van der Waals surface area contributed by atoms with Gasteiger partial charge in [0.25, 0.3) is 5.91 Å². The number of rotatable bonds is 5. The van der Waals surface area contributed by atoms with E-state index >= 15 is 0 Å². The van der Waals surface area contributed by atoms with Gasteiger partial charge in [-0.3, -0.25) is 9.59 Å². The Balaban J connectivity index is 2.04. The molecule has 1 saturated heterocycles. The number of nitrogens with one attached hydrogen (secondary N) is 2. The molecule has 1 aliphatic heterocycles. The summed E-state index contributed by atoms with van der Waals surface area (Å²) >= 11 is 0. The molecule has 2 N–H and O–H groups in total. The van der Waals surface area contributed by atoms with Gasteiger partial charge >= 0.3 is 5.97 Å². The van der Waals surface area contributed by atoms with Gasteiger partial charge in [0.1, 0.15) is 5.69 Å². The number of carbonyl (C=O) groups excluding carboxylic acids is 3. The second kappa shape index (κ2) is 8.38. The topological polar surface area (TPSA) is 91.5 Å². The number of aromatic nitrogens is 1. The standard InChI is InChI=1S/C19H29N3O4/c1-6-14-15(19(25)26-5)12(4)16(21-14)17(23)20-13-7-9-22(10-8-13)18(24)11(2)3/h11,13,21H,6-10H2,1-5H3,(H,20,23). The summed E-state index contributed by atoms with van der Waals surface area (Å²) in [5, 5.41) is 3.03. The lowest BCUT2D eigenvalue weighted by Crippen LogP contribution is -2.47. The molecule has 1 aliphatic rings. The van der Waals surface area contributed by atoms with Gasteiger partial charge < -0.3 is 19.9 Å². The number of esters is 1. The third-order valence-corrected chi connectivity index (χ3v) is 4.93. The van der Waals surface area contributed by atoms with Crippen LogP contribution in [0.15, 0.2) is 0 Å². The molecule has 7 heteroatoms. The number of H-pyrrole nitrogens is 1. The zero-order chi connectivity index (χ0) is 19.4. The number of aromatic amines is 1. The Hall–Kier alpha value is -2.31. The first-order chi connectivity index (χ1) is 12.3. The van der Waals surface area contributed by atoms with Crippen molar-refractivity contribution in [1.29, 1.82) is 0 Å². The van der Waals surface area contributed by atoms with Crippen LogP contribution in [0.4, 0.5) is 0 Å². The fourth-order valence-electron chi connectivity index (χ4n) is 3.40. The summed E-state index contributed by atoms with van der Waals surface area (Å²) in [7, 11) is 1.33. The van der Waals surface area contributed by atoms with E-state index in [4.69, 9.17) is 4.74 Å². The lowest BCUT2D eigenvalue weighted by Gasteiger charge is -2.33. The summed E-state index contributed by atoms with van der Waals surface area (Å²) in [6.07, 6.45) is 2.07. The first-order valence-corrected chi connectivity index (χ1v) is 9.19. The SMILES string of the molecule is CCc1[nH]c(C(=O)NC2CCN(C(=O)C(C)C)CC2)c(C)c1C(=O)OC. The summed E-state index contributed by atoms with van der Waals surface area (Å²) in [6.45, 7) is 8.77. The van der Waals surface area contributed by atoms with Crippen LogP contribution in [0.5, 0.6) is 0 Å². The number of methoxy groups -OCH3 is 1. The van der Waals surface area contributed by atoms with Gasteiger partial charge in [0, 0.05) is 30.7 Å². The average Bonchev–Trinajstić information content (AvgIpc) is 2.97. The van der Waals surface area contributed by atoms with Crippen molar-refractivity contribution in [3.63, 3.8) is 0 Å². The number of hydrogen-bond donors (Lipinski definition) is 2. The van der Waals surface area contributed by atoms with Crippen molar-refractivity contribution in [2.45, 2.75) is 53.0 Å². The van der Waals surface area contributed by atoms with Crippen LogP contribution in [0.2, 0.25) is 0 Å². The largest absolute Gasteiger partial charge is 0.465 e. The van der Waals surface area contributed by atoms with Crippen molar-refractivity contribution in [3.05, 3.63) is 22.5 Å². The summed E-state index contributed by atoms with van der Waals surface area (Å²) in [5.74, 6) is -0.506. The molecule has 2 heterocycles. The first kappa shape index (κ1) is 20.0. The van der Waals surface area contributed by atoms with Crippen molar-refractivity contribution >= 4 is 17.8 Å². The van der Waals surface area contributed by atoms with E-state index in [0.29, 0.717) is 42.0 Å². The first-order valence-electron chi connectivity index (χ1n) is 9.19. The van der Waals surface area contributed by atoms with E-state index < -0.39 is 5.97 Å². The van der Waals surface area contributed by atoms with Crippen LogP contribution in [-0.4, -0.2) is 53.9 Å². The lowest BCUT2D eigenvalue weighted by atomic mass is 10.0. The molecular formula is C19H29N3O4. The molecule has 0 aromatic carbocycles. The van der Waals surface area contributed by atoms with E-state index in [1.54, 1.807) is 6.92 Å². The van der Waals surface area contributed by atoms with Gasteiger partial charge in [-0.15, -0.1) is 0 Å². The molecule has 2 rings (SSSR count). The zero-order valence-electron chi connectivity index (χ0n) is 16.3. The normalized spacial score (nSPS) is 15.2. The second-order valence-corrected chi connectivity index (χ2v) is 7.05. The molecule has 0 bridgehead atoms. The zero-order valence-corrected chi connectivity index (χ0v) is 16.3. The van der Waals surface area contributed by atoms with Gasteiger partial charge in [-0.25, -0.2) is 4.79 Å². The van der Waals surface area contributed by atoms with Crippen LogP contribution in [0, 0.1) is 12.8 Å². The third kappa shape index (κ3) is 4.08. The Morgan fingerprint density at radius 3 is 2.38 bits per heavy atom. The molecule has 1 fully saturated rings.